The Hall–Kier alpha value is -2.49. The number of benzene rings is 1. The van der Waals surface area contributed by atoms with Crippen LogP contribution >= 0.6 is 11.3 Å². The minimum atomic E-state index is -3.54. The maximum atomic E-state index is 12.9. The molecule has 1 unspecified atom stereocenters. The molecule has 1 N–H and O–H groups in total. The molecule has 1 aromatic carbocycles. The highest BCUT2D eigenvalue weighted by Crippen LogP contribution is 2.28. The van der Waals surface area contributed by atoms with Crippen molar-refractivity contribution in [3.05, 3.63) is 70.9 Å². The van der Waals surface area contributed by atoms with Crippen molar-refractivity contribution in [1.29, 1.82) is 0 Å². The molecule has 4 rings (SSSR count). The van der Waals surface area contributed by atoms with Crippen LogP contribution in [0.3, 0.4) is 0 Å². The molecule has 0 bridgehead atoms. The van der Waals surface area contributed by atoms with Crippen LogP contribution in [0.2, 0.25) is 0 Å². The minimum absolute atomic E-state index is 0.0946. The highest BCUT2D eigenvalue weighted by atomic mass is 32.2. The fourth-order valence-corrected chi connectivity index (χ4v) is 6.69. The van der Waals surface area contributed by atoms with E-state index in [1.54, 1.807) is 12.3 Å². The van der Waals surface area contributed by atoms with E-state index < -0.39 is 10.0 Å². The maximum Gasteiger partial charge on any atom is 0.252 e. The summed E-state index contributed by atoms with van der Waals surface area (Å²) in [6.45, 7) is 3.71. The molecule has 0 spiro atoms. The van der Waals surface area contributed by atoms with E-state index in [4.69, 9.17) is 0 Å². The number of piperidine rings is 1. The predicted molar refractivity (Wildman–Crippen MR) is 120 cm³/mol. The number of thiophene rings is 1. The van der Waals surface area contributed by atoms with E-state index in [2.05, 4.69) is 10.4 Å². The number of hydrogen-bond donors (Lipinski definition) is 1. The highest BCUT2D eigenvalue weighted by molar-refractivity contribution is 7.91. The molecule has 1 amide bonds. The number of rotatable bonds is 7. The van der Waals surface area contributed by atoms with Gasteiger partial charge in [0.1, 0.15) is 4.21 Å². The lowest BCUT2D eigenvalue weighted by atomic mass is 9.98. The molecule has 3 aromatic rings. The first kappa shape index (κ1) is 21.7. The first-order chi connectivity index (χ1) is 14.9. The molecule has 1 aliphatic heterocycles. The van der Waals surface area contributed by atoms with Gasteiger partial charge in [-0.3, -0.25) is 9.48 Å². The summed E-state index contributed by atoms with van der Waals surface area (Å²) in [4.78, 5) is 13.7. The summed E-state index contributed by atoms with van der Waals surface area (Å²) in [6, 6.07) is 13.4. The van der Waals surface area contributed by atoms with Gasteiger partial charge in [0.05, 0.1) is 12.5 Å². The van der Waals surface area contributed by atoms with Gasteiger partial charge in [0, 0.05) is 36.9 Å². The number of nitrogens with zero attached hydrogens (tertiary/aromatic N) is 3. The first-order valence-corrected chi connectivity index (χ1v) is 12.6. The van der Waals surface area contributed by atoms with Crippen LogP contribution < -0.4 is 5.32 Å². The van der Waals surface area contributed by atoms with E-state index in [1.165, 1.54) is 15.6 Å². The monoisotopic (exact) mass is 458 g/mol. The predicted octanol–water partition coefficient (Wildman–Crippen LogP) is 3.02. The lowest BCUT2D eigenvalue weighted by molar-refractivity contribution is -0.126. The zero-order valence-corrected chi connectivity index (χ0v) is 19.0. The molecular weight excluding hydrogens is 432 g/mol. The number of sulfonamides is 1. The summed E-state index contributed by atoms with van der Waals surface area (Å²) in [7, 11) is -3.54. The van der Waals surface area contributed by atoms with Gasteiger partial charge >= 0.3 is 0 Å². The van der Waals surface area contributed by atoms with Crippen LogP contribution in [0, 0.1) is 12.8 Å². The van der Waals surface area contributed by atoms with E-state index in [1.807, 2.05) is 54.2 Å². The Labute approximate surface area is 186 Å². The third kappa shape index (κ3) is 5.23. The van der Waals surface area contributed by atoms with Crippen molar-refractivity contribution < 1.29 is 13.2 Å². The summed E-state index contributed by atoms with van der Waals surface area (Å²) in [5, 5.41) is 7.18. The normalized spacial score (nSPS) is 17.5. The van der Waals surface area contributed by atoms with Gasteiger partial charge in [-0.1, -0.05) is 24.3 Å². The van der Waals surface area contributed by atoms with Crippen molar-refractivity contribution in [3.63, 3.8) is 0 Å². The van der Waals surface area contributed by atoms with Crippen LogP contribution in [-0.4, -0.2) is 41.5 Å². The van der Waals surface area contributed by atoms with Crippen molar-refractivity contribution >= 4 is 27.3 Å². The summed E-state index contributed by atoms with van der Waals surface area (Å²) < 4.78 is 29.4. The summed E-state index contributed by atoms with van der Waals surface area (Å²) >= 11 is 1.27. The number of carbonyl (C=O) groups is 1. The van der Waals surface area contributed by atoms with Gasteiger partial charge in [0.25, 0.3) is 10.0 Å². The first-order valence-electron chi connectivity index (χ1n) is 10.3. The average Bonchev–Trinajstić information content (AvgIpc) is 3.45. The lowest BCUT2D eigenvalue weighted by Crippen LogP contribution is -2.45. The Morgan fingerprint density at radius 2 is 1.97 bits per heavy atom. The standard InChI is InChI=1S/C22H26N4O3S2/c1-17-5-10-21(30-17)31(28,29)26-13-2-4-20(16-26)22(27)23-14-18-6-8-19(9-7-18)15-25-12-3-11-24-25/h3,5-12,20H,2,4,13-16H2,1H3,(H,23,27). The van der Waals surface area contributed by atoms with Crippen LogP contribution in [0.25, 0.3) is 0 Å². The zero-order chi connectivity index (χ0) is 21.8. The molecule has 164 valence electrons. The van der Waals surface area contributed by atoms with Crippen LogP contribution in [0.4, 0.5) is 0 Å². The van der Waals surface area contributed by atoms with Gasteiger partial charge in [-0.2, -0.15) is 9.40 Å². The van der Waals surface area contributed by atoms with Gasteiger partial charge < -0.3 is 5.32 Å². The Bertz CT molecular complexity index is 1120. The third-order valence-electron chi connectivity index (χ3n) is 5.46. The fraction of sp³-hybridized carbons (Fsp3) is 0.364. The van der Waals surface area contributed by atoms with Crippen LogP contribution in [-0.2, 0) is 27.9 Å². The van der Waals surface area contributed by atoms with Crippen molar-refractivity contribution in [2.75, 3.05) is 13.1 Å². The number of carbonyl (C=O) groups excluding carboxylic acids is 1. The summed E-state index contributed by atoms with van der Waals surface area (Å²) in [5.41, 5.74) is 2.14. The molecule has 1 fully saturated rings. The second kappa shape index (κ2) is 9.33. The average molecular weight is 459 g/mol. The highest BCUT2D eigenvalue weighted by Gasteiger charge is 2.33. The molecule has 0 aliphatic carbocycles. The van der Waals surface area contributed by atoms with E-state index >= 15 is 0 Å². The number of amides is 1. The SMILES string of the molecule is Cc1ccc(S(=O)(=O)N2CCCC(C(=O)NCc3ccc(Cn4cccn4)cc3)C2)s1. The molecule has 1 saturated heterocycles. The molecule has 0 saturated carbocycles. The molecule has 7 nitrogen and oxygen atoms in total. The van der Waals surface area contributed by atoms with Gasteiger partial charge in [0.15, 0.2) is 0 Å². The molecule has 31 heavy (non-hydrogen) atoms. The fourth-order valence-electron chi connectivity index (χ4n) is 3.73. The smallest absolute Gasteiger partial charge is 0.252 e. The van der Waals surface area contributed by atoms with E-state index in [0.717, 1.165) is 16.0 Å². The molecule has 2 aromatic heterocycles. The van der Waals surface area contributed by atoms with E-state index in [0.29, 0.717) is 36.7 Å². The van der Waals surface area contributed by atoms with Gasteiger partial charge in [0.2, 0.25) is 5.91 Å². The minimum Gasteiger partial charge on any atom is -0.352 e. The number of aryl methyl sites for hydroxylation is 1. The number of hydrogen-bond acceptors (Lipinski definition) is 5. The Balaban J connectivity index is 1.32. The second-order valence-corrected chi connectivity index (χ2v) is 11.3. The summed E-state index contributed by atoms with van der Waals surface area (Å²) in [5.74, 6) is -0.424. The zero-order valence-electron chi connectivity index (χ0n) is 17.4. The largest absolute Gasteiger partial charge is 0.352 e. The summed E-state index contributed by atoms with van der Waals surface area (Å²) in [6.07, 6.45) is 5.05. The molecule has 1 atom stereocenters. The van der Waals surface area contributed by atoms with Crippen LogP contribution in [0.15, 0.2) is 59.1 Å². The van der Waals surface area contributed by atoms with Crippen molar-refractivity contribution in [3.8, 4) is 0 Å². The Kier molecular flexibility index (Phi) is 6.54. The number of nitrogens with one attached hydrogen (secondary N) is 1. The maximum absolute atomic E-state index is 12.9. The van der Waals surface area contributed by atoms with Crippen LogP contribution in [0.1, 0.15) is 28.8 Å². The van der Waals surface area contributed by atoms with Crippen molar-refractivity contribution in [2.24, 2.45) is 5.92 Å². The molecule has 9 heteroatoms. The Morgan fingerprint density at radius 3 is 2.65 bits per heavy atom. The van der Waals surface area contributed by atoms with Gasteiger partial charge in [-0.25, -0.2) is 8.42 Å². The van der Waals surface area contributed by atoms with Crippen LogP contribution in [0.5, 0.6) is 0 Å². The number of aromatic nitrogens is 2. The second-order valence-electron chi connectivity index (χ2n) is 7.81. The quantitative estimate of drug-likeness (QED) is 0.590. The van der Waals surface area contributed by atoms with Crippen molar-refractivity contribution in [2.45, 2.75) is 37.1 Å². The van der Waals surface area contributed by atoms with E-state index in [9.17, 15) is 13.2 Å². The van der Waals surface area contributed by atoms with Gasteiger partial charge in [-0.15, -0.1) is 11.3 Å². The molecule has 0 radical (unpaired) electrons. The molecule has 1 aliphatic rings. The Morgan fingerprint density at radius 1 is 1.19 bits per heavy atom. The van der Waals surface area contributed by atoms with Crippen molar-refractivity contribution in [1.82, 2.24) is 19.4 Å². The van der Waals surface area contributed by atoms with E-state index in [-0.39, 0.29) is 18.4 Å². The molecule has 3 heterocycles. The third-order valence-corrected chi connectivity index (χ3v) is 8.79. The topological polar surface area (TPSA) is 84.3 Å². The molecular formula is C22H26N4O3S2. The van der Waals surface area contributed by atoms with Gasteiger partial charge in [-0.05, 0) is 49.1 Å². The lowest BCUT2D eigenvalue weighted by Gasteiger charge is -2.30.